The highest BCUT2D eigenvalue weighted by molar-refractivity contribution is 7.05. The summed E-state index contributed by atoms with van der Waals surface area (Å²) in [5, 5.41) is 0. The van der Waals surface area contributed by atoms with Crippen molar-refractivity contribution in [3.05, 3.63) is 16.1 Å². The van der Waals surface area contributed by atoms with Crippen LogP contribution in [0.15, 0.2) is 0 Å². The topological polar surface area (TPSA) is 30.0 Å². The summed E-state index contributed by atoms with van der Waals surface area (Å²) in [4.78, 5) is 12.0. The minimum absolute atomic E-state index is 0.205. The van der Waals surface area contributed by atoms with Crippen LogP contribution in [0.3, 0.4) is 0 Å². The van der Waals surface area contributed by atoms with Gasteiger partial charge in [-0.2, -0.15) is 4.37 Å². The Morgan fingerprint density at radius 3 is 2.55 bits per heavy atom. The van der Waals surface area contributed by atoms with Gasteiger partial charge in [0.05, 0.1) is 5.69 Å². The molecular weight excluding hydrogens is 158 g/mol. The first kappa shape index (κ1) is 8.40. The molecule has 0 atom stereocenters. The van der Waals surface area contributed by atoms with E-state index in [9.17, 15) is 4.79 Å². The lowest BCUT2D eigenvalue weighted by Crippen LogP contribution is -1.97. The second-order valence-electron chi connectivity index (χ2n) is 2.68. The van der Waals surface area contributed by atoms with Crippen molar-refractivity contribution in [2.75, 3.05) is 0 Å². The van der Waals surface area contributed by atoms with Gasteiger partial charge in [0.2, 0.25) is 0 Å². The van der Waals surface area contributed by atoms with Gasteiger partial charge in [-0.3, -0.25) is 4.79 Å². The van der Waals surface area contributed by atoms with Crippen molar-refractivity contribution >= 4 is 17.3 Å². The molecule has 1 rings (SSSR count). The number of aryl methyl sites for hydroxylation is 2. The molecule has 0 aliphatic rings. The highest BCUT2D eigenvalue weighted by Gasteiger charge is 2.07. The van der Waals surface area contributed by atoms with E-state index < -0.39 is 0 Å². The smallest absolute Gasteiger partial charge is 0.134 e. The lowest BCUT2D eigenvalue weighted by molar-refractivity contribution is -0.116. The van der Waals surface area contributed by atoms with Crippen molar-refractivity contribution in [1.29, 1.82) is 0 Å². The molecule has 1 heterocycles. The average Bonchev–Trinajstić information content (AvgIpc) is 2.18. The molecule has 0 amide bonds. The molecule has 3 heteroatoms. The molecule has 0 aromatic carbocycles. The molecule has 0 radical (unpaired) electrons. The molecule has 0 aliphatic heterocycles. The maximum atomic E-state index is 10.8. The van der Waals surface area contributed by atoms with E-state index in [-0.39, 0.29) is 5.78 Å². The quantitative estimate of drug-likeness (QED) is 0.676. The second-order valence-corrected chi connectivity index (χ2v) is 3.66. The van der Waals surface area contributed by atoms with Crippen LogP contribution >= 0.6 is 11.5 Å². The van der Waals surface area contributed by atoms with Gasteiger partial charge in [-0.25, -0.2) is 0 Å². The number of rotatable bonds is 2. The lowest BCUT2D eigenvalue weighted by Gasteiger charge is -1.94. The van der Waals surface area contributed by atoms with E-state index in [1.807, 2.05) is 13.8 Å². The van der Waals surface area contributed by atoms with Crippen LogP contribution in [0, 0.1) is 13.8 Å². The zero-order valence-corrected chi connectivity index (χ0v) is 7.79. The molecular formula is C8H11NOS. The van der Waals surface area contributed by atoms with E-state index >= 15 is 0 Å². The maximum Gasteiger partial charge on any atom is 0.134 e. The number of Topliss-reactive ketones (excluding diaryl/α,β-unsaturated/α-hetero) is 1. The lowest BCUT2D eigenvalue weighted by atomic mass is 10.1. The highest BCUT2D eigenvalue weighted by Crippen LogP contribution is 2.17. The molecule has 0 bridgehead atoms. The molecule has 0 spiro atoms. The van der Waals surface area contributed by atoms with Crippen LogP contribution in [-0.4, -0.2) is 10.2 Å². The molecule has 0 aliphatic carbocycles. The zero-order chi connectivity index (χ0) is 8.43. The van der Waals surface area contributed by atoms with Crippen LogP contribution in [0.4, 0.5) is 0 Å². The van der Waals surface area contributed by atoms with Crippen molar-refractivity contribution in [3.63, 3.8) is 0 Å². The van der Waals surface area contributed by atoms with Crippen LogP contribution in [-0.2, 0) is 11.2 Å². The zero-order valence-electron chi connectivity index (χ0n) is 6.97. The van der Waals surface area contributed by atoms with Gasteiger partial charge in [-0.1, -0.05) is 0 Å². The van der Waals surface area contributed by atoms with Gasteiger partial charge >= 0.3 is 0 Å². The summed E-state index contributed by atoms with van der Waals surface area (Å²) in [5.74, 6) is 0.205. The van der Waals surface area contributed by atoms with E-state index in [1.54, 1.807) is 6.92 Å². The Labute approximate surface area is 70.4 Å². The van der Waals surface area contributed by atoms with Gasteiger partial charge in [0.15, 0.2) is 0 Å². The van der Waals surface area contributed by atoms with Crippen LogP contribution < -0.4 is 0 Å². The first-order valence-corrected chi connectivity index (χ1v) is 4.29. The first-order valence-electron chi connectivity index (χ1n) is 3.52. The molecule has 60 valence electrons. The van der Waals surface area contributed by atoms with Crippen LogP contribution in [0.25, 0.3) is 0 Å². The Morgan fingerprint density at radius 2 is 2.18 bits per heavy atom. The molecule has 1 aromatic heterocycles. The summed E-state index contributed by atoms with van der Waals surface area (Å²) in [7, 11) is 0. The fourth-order valence-electron chi connectivity index (χ4n) is 1.00. The number of carbonyl (C=O) groups is 1. The third kappa shape index (κ3) is 1.87. The fraction of sp³-hybridized carbons (Fsp3) is 0.500. The summed E-state index contributed by atoms with van der Waals surface area (Å²) in [6, 6.07) is 0. The Bertz CT molecular complexity index is 258. The molecule has 2 nitrogen and oxygen atoms in total. The predicted molar refractivity (Wildman–Crippen MR) is 46.0 cm³/mol. The SMILES string of the molecule is CC(=O)Cc1c(C)nsc1C. The van der Waals surface area contributed by atoms with Gasteiger partial charge in [-0.15, -0.1) is 0 Å². The fourth-order valence-corrected chi connectivity index (χ4v) is 1.72. The van der Waals surface area contributed by atoms with Crippen LogP contribution in [0.2, 0.25) is 0 Å². The van der Waals surface area contributed by atoms with Crippen molar-refractivity contribution in [1.82, 2.24) is 4.37 Å². The van der Waals surface area contributed by atoms with Gasteiger partial charge in [0.25, 0.3) is 0 Å². The van der Waals surface area contributed by atoms with Crippen molar-refractivity contribution in [3.8, 4) is 0 Å². The largest absolute Gasteiger partial charge is 0.300 e. The Morgan fingerprint density at radius 1 is 1.55 bits per heavy atom. The first-order chi connectivity index (χ1) is 5.11. The summed E-state index contributed by atoms with van der Waals surface area (Å²) >= 11 is 1.47. The summed E-state index contributed by atoms with van der Waals surface area (Å²) in [5.41, 5.74) is 2.12. The molecule has 0 fully saturated rings. The van der Waals surface area contributed by atoms with Gasteiger partial charge in [0.1, 0.15) is 5.78 Å². The second kappa shape index (κ2) is 3.13. The minimum atomic E-state index is 0.205. The number of ketones is 1. The number of hydrogen-bond acceptors (Lipinski definition) is 3. The van der Waals surface area contributed by atoms with Gasteiger partial charge < -0.3 is 0 Å². The van der Waals surface area contributed by atoms with E-state index in [0.29, 0.717) is 6.42 Å². The van der Waals surface area contributed by atoms with Crippen LogP contribution in [0.5, 0.6) is 0 Å². The third-order valence-corrected chi connectivity index (χ3v) is 2.49. The minimum Gasteiger partial charge on any atom is -0.300 e. The number of hydrogen-bond donors (Lipinski definition) is 0. The summed E-state index contributed by atoms with van der Waals surface area (Å²) < 4.78 is 4.16. The third-order valence-electron chi connectivity index (χ3n) is 1.61. The number of carbonyl (C=O) groups excluding carboxylic acids is 1. The van der Waals surface area contributed by atoms with E-state index in [2.05, 4.69) is 4.37 Å². The molecule has 11 heavy (non-hydrogen) atoms. The molecule has 0 saturated carbocycles. The Kier molecular flexibility index (Phi) is 2.39. The Hall–Kier alpha value is -0.700. The van der Waals surface area contributed by atoms with Crippen molar-refractivity contribution < 1.29 is 4.79 Å². The standard InChI is InChI=1S/C8H11NOS/c1-5(10)4-8-6(2)9-11-7(8)3/h4H2,1-3H3. The number of aromatic nitrogens is 1. The van der Waals surface area contributed by atoms with Gasteiger partial charge in [-0.05, 0) is 37.9 Å². The predicted octanol–water partition coefficient (Wildman–Crippen LogP) is 1.89. The Balaban J connectivity index is 2.92. The van der Waals surface area contributed by atoms with E-state index in [1.165, 1.54) is 11.5 Å². The molecule has 0 saturated heterocycles. The monoisotopic (exact) mass is 169 g/mol. The van der Waals surface area contributed by atoms with Crippen molar-refractivity contribution in [2.24, 2.45) is 0 Å². The summed E-state index contributed by atoms with van der Waals surface area (Å²) in [6.07, 6.45) is 0.536. The highest BCUT2D eigenvalue weighted by atomic mass is 32.1. The van der Waals surface area contributed by atoms with E-state index in [4.69, 9.17) is 0 Å². The molecule has 1 aromatic rings. The van der Waals surface area contributed by atoms with Gasteiger partial charge in [0, 0.05) is 11.3 Å². The molecule has 0 unspecified atom stereocenters. The average molecular weight is 169 g/mol. The van der Waals surface area contributed by atoms with E-state index in [0.717, 1.165) is 16.1 Å². The molecule has 0 N–H and O–H groups in total. The van der Waals surface area contributed by atoms with Crippen LogP contribution in [0.1, 0.15) is 23.1 Å². The number of nitrogens with zero attached hydrogens (tertiary/aromatic N) is 1. The maximum absolute atomic E-state index is 10.8. The summed E-state index contributed by atoms with van der Waals surface area (Å²) in [6.45, 7) is 5.56. The van der Waals surface area contributed by atoms with Crippen molar-refractivity contribution in [2.45, 2.75) is 27.2 Å². The normalized spacial score (nSPS) is 10.1.